The lowest BCUT2D eigenvalue weighted by Gasteiger charge is -2.07. The zero-order valence-electron chi connectivity index (χ0n) is 13.5. The Kier molecular flexibility index (Phi) is 4.77. The molecule has 0 aromatic heterocycles. The van der Waals surface area contributed by atoms with Crippen molar-refractivity contribution >= 4 is 40.9 Å². The van der Waals surface area contributed by atoms with Crippen LogP contribution in [-0.2, 0) is 0 Å². The number of allylic oxidation sites excluding steroid dienone is 4. The minimum atomic E-state index is 0.858. The maximum atomic E-state index is 4.60. The highest BCUT2D eigenvalue weighted by Gasteiger charge is 2.00. The van der Waals surface area contributed by atoms with E-state index < -0.39 is 0 Å². The molecule has 1 aliphatic rings. The molecule has 2 aromatic rings. The summed E-state index contributed by atoms with van der Waals surface area (Å²) in [5.74, 6) is 0. The lowest BCUT2D eigenvalue weighted by atomic mass is 10.1. The third-order valence-corrected chi connectivity index (χ3v) is 3.57. The number of rotatable bonds is 4. The number of anilines is 2. The van der Waals surface area contributed by atoms with E-state index in [0.717, 1.165) is 34.2 Å². The fourth-order valence-electron chi connectivity index (χ4n) is 2.26. The van der Waals surface area contributed by atoms with Gasteiger partial charge in [-0.2, -0.15) is 0 Å². The van der Waals surface area contributed by atoms with Gasteiger partial charge in [-0.05, 0) is 79.6 Å². The SMILES string of the molecule is C=Nc1ccc(Nc2ccc(N=C3C=CC(=NC)C=C3)cc2)cc1. The average Bonchev–Trinajstić information content (AvgIpc) is 2.65. The number of hydrogen-bond acceptors (Lipinski definition) is 4. The molecule has 4 nitrogen and oxygen atoms in total. The standard InChI is InChI=1S/C20H18N4/c1-21-15-3-7-17(8-4-15)23-19-11-13-20(14-12-19)24-18-9-5-16(22-2)6-10-18/h3-14,23H,1H2,2H3. The Balaban J connectivity index is 1.69. The monoisotopic (exact) mass is 314 g/mol. The van der Waals surface area contributed by atoms with Crippen LogP contribution in [0.25, 0.3) is 0 Å². The lowest BCUT2D eigenvalue weighted by molar-refractivity contribution is 1.45. The maximum absolute atomic E-state index is 4.60. The molecule has 118 valence electrons. The second-order valence-corrected chi connectivity index (χ2v) is 5.23. The first-order valence-electron chi connectivity index (χ1n) is 7.62. The molecular weight excluding hydrogens is 296 g/mol. The summed E-state index contributed by atoms with van der Waals surface area (Å²) in [4.78, 5) is 12.6. The number of nitrogens with one attached hydrogen (secondary N) is 1. The Labute approximate surface area is 141 Å². The van der Waals surface area contributed by atoms with Gasteiger partial charge in [0.25, 0.3) is 0 Å². The highest BCUT2D eigenvalue weighted by atomic mass is 14.9. The highest BCUT2D eigenvalue weighted by molar-refractivity contribution is 6.18. The molecule has 0 saturated carbocycles. The van der Waals surface area contributed by atoms with Crippen molar-refractivity contribution in [3.8, 4) is 0 Å². The van der Waals surface area contributed by atoms with Crippen molar-refractivity contribution in [2.45, 2.75) is 0 Å². The van der Waals surface area contributed by atoms with Crippen molar-refractivity contribution in [3.05, 3.63) is 72.8 Å². The first kappa shape index (κ1) is 15.6. The van der Waals surface area contributed by atoms with E-state index in [2.05, 4.69) is 27.0 Å². The Morgan fingerprint density at radius 1 is 0.708 bits per heavy atom. The van der Waals surface area contributed by atoms with Crippen molar-refractivity contribution in [1.82, 2.24) is 0 Å². The lowest BCUT2D eigenvalue weighted by Crippen LogP contribution is -1.99. The zero-order valence-corrected chi connectivity index (χ0v) is 13.5. The van der Waals surface area contributed by atoms with Crippen LogP contribution in [0.4, 0.5) is 22.7 Å². The molecule has 0 atom stereocenters. The second-order valence-electron chi connectivity index (χ2n) is 5.23. The number of hydrogen-bond donors (Lipinski definition) is 1. The normalized spacial score (nSPS) is 12.9. The third-order valence-electron chi connectivity index (χ3n) is 3.57. The molecular formula is C20H18N4. The van der Waals surface area contributed by atoms with Crippen LogP contribution in [0.3, 0.4) is 0 Å². The number of nitrogens with zero attached hydrogens (tertiary/aromatic N) is 3. The van der Waals surface area contributed by atoms with Gasteiger partial charge in [0.2, 0.25) is 0 Å². The third kappa shape index (κ3) is 3.93. The van der Waals surface area contributed by atoms with Crippen LogP contribution in [0.1, 0.15) is 0 Å². The van der Waals surface area contributed by atoms with Crippen LogP contribution in [0.2, 0.25) is 0 Å². The van der Waals surface area contributed by atoms with E-state index in [1.165, 1.54) is 0 Å². The largest absolute Gasteiger partial charge is 0.356 e. The van der Waals surface area contributed by atoms with Crippen LogP contribution in [0.5, 0.6) is 0 Å². The predicted octanol–water partition coefficient (Wildman–Crippen LogP) is 5.03. The molecule has 0 saturated heterocycles. The summed E-state index contributed by atoms with van der Waals surface area (Å²) in [6.45, 7) is 3.51. The summed E-state index contributed by atoms with van der Waals surface area (Å²) in [6, 6.07) is 15.8. The van der Waals surface area contributed by atoms with Crippen LogP contribution in [-0.4, -0.2) is 25.2 Å². The zero-order chi connectivity index (χ0) is 16.8. The quantitative estimate of drug-likeness (QED) is 0.624. The molecule has 0 radical (unpaired) electrons. The molecule has 0 heterocycles. The molecule has 0 aliphatic heterocycles. The Bertz CT molecular complexity index is 820. The summed E-state index contributed by atoms with van der Waals surface area (Å²) in [5, 5.41) is 3.35. The van der Waals surface area contributed by atoms with Gasteiger partial charge in [0.05, 0.1) is 22.8 Å². The molecule has 4 heteroatoms. The molecule has 24 heavy (non-hydrogen) atoms. The van der Waals surface area contributed by atoms with Crippen molar-refractivity contribution in [3.63, 3.8) is 0 Å². The van der Waals surface area contributed by atoms with E-state index in [9.17, 15) is 0 Å². The van der Waals surface area contributed by atoms with E-state index in [4.69, 9.17) is 0 Å². The van der Waals surface area contributed by atoms with E-state index in [0.29, 0.717) is 0 Å². The summed E-state index contributed by atoms with van der Waals surface area (Å²) in [7, 11) is 1.78. The highest BCUT2D eigenvalue weighted by Crippen LogP contribution is 2.22. The Morgan fingerprint density at radius 3 is 1.71 bits per heavy atom. The minimum Gasteiger partial charge on any atom is -0.356 e. The van der Waals surface area contributed by atoms with Crippen molar-refractivity contribution in [2.75, 3.05) is 12.4 Å². The van der Waals surface area contributed by atoms with Gasteiger partial charge >= 0.3 is 0 Å². The number of aliphatic imine (C=N–C) groups is 3. The van der Waals surface area contributed by atoms with Crippen molar-refractivity contribution in [2.24, 2.45) is 15.0 Å². The van der Waals surface area contributed by atoms with Gasteiger partial charge in [0, 0.05) is 18.4 Å². The molecule has 0 unspecified atom stereocenters. The van der Waals surface area contributed by atoms with Gasteiger partial charge < -0.3 is 5.32 Å². The minimum absolute atomic E-state index is 0.858. The smallest absolute Gasteiger partial charge is 0.0638 e. The van der Waals surface area contributed by atoms with E-state index >= 15 is 0 Å². The summed E-state index contributed by atoms with van der Waals surface area (Å²) < 4.78 is 0. The Morgan fingerprint density at radius 2 is 1.21 bits per heavy atom. The van der Waals surface area contributed by atoms with Gasteiger partial charge in [-0.3, -0.25) is 9.98 Å². The molecule has 3 rings (SSSR count). The van der Waals surface area contributed by atoms with Gasteiger partial charge in [0.15, 0.2) is 0 Å². The topological polar surface area (TPSA) is 49.1 Å². The summed E-state index contributed by atoms with van der Waals surface area (Å²) >= 11 is 0. The van der Waals surface area contributed by atoms with E-state index in [1.54, 1.807) is 7.05 Å². The molecule has 1 aliphatic carbocycles. The van der Waals surface area contributed by atoms with Crippen LogP contribution >= 0.6 is 0 Å². The Hall–Kier alpha value is -3.27. The predicted molar refractivity (Wildman–Crippen MR) is 104 cm³/mol. The van der Waals surface area contributed by atoms with Gasteiger partial charge in [-0.25, -0.2) is 4.99 Å². The fraction of sp³-hybridized carbons (Fsp3) is 0.0500. The first-order chi connectivity index (χ1) is 11.8. The average molecular weight is 314 g/mol. The molecule has 0 fully saturated rings. The van der Waals surface area contributed by atoms with Crippen LogP contribution in [0.15, 0.2) is 87.8 Å². The van der Waals surface area contributed by atoms with Gasteiger partial charge in [-0.1, -0.05) is 0 Å². The van der Waals surface area contributed by atoms with Crippen LogP contribution in [0, 0.1) is 0 Å². The van der Waals surface area contributed by atoms with Gasteiger partial charge in [0.1, 0.15) is 0 Å². The fourth-order valence-corrected chi connectivity index (χ4v) is 2.26. The first-order valence-corrected chi connectivity index (χ1v) is 7.62. The molecule has 1 N–H and O–H groups in total. The molecule has 0 spiro atoms. The van der Waals surface area contributed by atoms with Gasteiger partial charge in [-0.15, -0.1) is 0 Å². The maximum Gasteiger partial charge on any atom is 0.0638 e. The van der Waals surface area contributed by atoms with Crippen molar-refractivity contribution < 1.29 is 0 Å². The molecule has 0 amide bonds. The van der Waals surface area contributed by atoms with Crippen LogP contribution < -0.4 is 5.32 Å². The van der Waals surface area contributed by atoms with E-state index in [-0.39, 0.29) is 0 Å². The van der Waals surface area contributed by atoms with Crippen molar-refractivity contribution in [1.29, 1.82) is 0 Å². The summed E-state index contributed by atoms with van der Waals surface area (Å²) in [6.07, 6.45) is 7.83. The summed E-state index contributed by atoms with van der Waals surface area (Å²) in [5.41, 5.74) is 5.64. The second kappa shape index (κ2) is 7.33. The van der Waals surface area contributed by atoms with E-state index in [1.807, 2.05) is 72.8 Å². The number of benzene rings is 2. The molecule has 2 aromatic carbocycles. The molecule has 0 bridgehead atoms.